The normalized spacial score (nSPS) is 10.5. The molecule has 140 valence electrons. The first-order valence-electron chi connectivity index (χ1n) is 8.61. The van der Waals surface area contributed by atoms with Crippen molar-refractivity contribution in [2.75, 3.05) is 7.11 Å². The average molecular weight is 382 g/mol. The molecular weight excluding hydrogens is 360 g/mol. The fourth-order valence-electron chi connectivity index (χ4n) is 2.59. The number of carbonyl (C=O) groups excluding carboxylic acids is 1. The second-order valence-corrected chi connectivity index (χ2v) is 7.22. The number of nitrogens with one attached hydrogen (secondary N) is 1. The third-order valence-corrected chi connectivity index (χ3v) is 4.92. The van der Waals surface area contributed by atoms with E-state index in [9.17, 15) is 4.79 Å². The van der Waals surface area contributed by atoms with E-state index in [-0.39, 0.29) is 5.91 Å². The minimum absolute atomic E-state index is 0.129. The number of methoxy groups -OCH3 is 1. The van der Waals surface area contributed by atoms with Gasteiger partial charge in [0, 0.05) is 17.5 Å². The maximum atomic E-state index is 12.3. The topological polar surface area (TPSA) is 60.5 Å². The fraction of sp³-hybridized carbons (Fsp3) is 0.238. The van der Waals surface area contributed by atoms with Crippen LogP contribution in [0, 0.1) is 13.8 Å². The summed E-state index contributed by atoms with van der Waals surface area (Å²) in [5, 5.41) is 5.93. The lowest BCUT2D eigenvalue weighted by Gasteiger charge is -2.10. The molecular formula is C21H22N2O3S. The van der Waals surface area contributed by atoms with E-state index in [1.54, 1.807) is 42.7 Å². The van der Waals surface area contributed by atoms with Crippen LogP contribution in [0.5, 0.6) is 11.5 Å². The zero-order valence-corrected chi connectivity index (χ0v) is 16.4. The van der Waals surface area contributed by atoms with Crippen LogP contribution >= 0.6 is 11.3 Å². The van der Waals surface area contributed by atoms with Gasteiger partial charge in [0.05, 0.1) is 17.8 Å². The van der Waals surface area contributed by atoms with E-state index in [4.69, 9.17) is 9.47 Å². The van der Waals surface area contributed by atoms with Gasteiger partial charge in [-0.05, 0) is 55.3 Å². The average Bonchev–Trinajstić information content (AvgIpc) is 3.11. The monoisotopic (exact) mass is 382 g/mol. The summed E-state index contributed by atoms with van der Waals surface area (Å²) in [7, 11) is 1.64. The Balaban J connectivity index is 1.54. The van der Waals surface area contributed by atoms with E-state index in [0.717, 1.165) is 27.6 Å². The van der Waals surface area contributed by atoms with Gasteiger partial charge in [0.25, 0.3) is 5.91 Å². The zero-order valence-electron chi connectivity index (χ0n) is 15.6. The highest BCUT2D eigenvalue weighted by molar-refractivity contribution is 7.09. The molecule has 0 saturated heterocycles. The molecule has 0 bridgehead atoms. The molecule has 1 N–H and O–H groups in total. The molecule has 0 radical (unpaired) electrons. The molecule has 27 heavy (non-hydrogen) atoms. The molecule has 2 aromatic carbocycles. The molecule has 0 spiro atoms. The molecule has 0 aliphatic rings. The van der Waals surface area contributed by atoms with E-state index in [1.807, 2.05) is 37.4 Å². The van der Waals surface area contributed by atoms with Gasteiger partial charge in [0.15, 0.2) is 0 Å². The highest BCUT2D eigenvalue weighted by Crippen LogP contribution is 2.19. The predicted molar refractivity (Wildman–Crippen MR) is 107 cm³/mol. The molecule has 0 saturated carbocycles. The molecule has 5 nitrogen and oxygen atoms in total. The van der Waals surface area contributed by atoms with Crippen molar-refractivity contribution in [2.45, 2.75) is 27.0 Å². The maximum absolute atomic E-state index is 12.3. The van der Waals surface area contributed by atoms with E-state index in [2.05, 4.69) is 10.3 Å². The Bertz CT molecular complexity index is 919. The number of aryl methyl sites for hydroxylation is 2. The van der Waals surface area contributed by atoms with Gasteiger partial charge in [0.1, 0.15) is 18.1 Å². The highest BCUT2D eigenvalue weighted by Gasteiger charge is 2.07. The first-order chi connectivity index (χ1) is 13.0. The maximum Gasteiger partial charge on any atom is 0.251 e. The molecule has 0 atom stereocenters. The summed E-state index contributed by atoms with van der Waals surface area (Å²) in [6, 6.07) is 13.0. The number of hydrogen-bond donors (Lipinski definition) is 1. The Hall–Kier alpha value is -2.86. The summed E-state index contributed by atoms with van der Waals surface area (Å²) in [5.41, 5.74) is 3.55. The quantitative estimate of drug-likeness (QED) is 0.663. The SMILES string of the molecule is COc1cc(CNC(=O)c2ccc(OCc3csc(C)n3)cc2)ccc1C. The molecule has 6 heteroatoms. The molecule has 1 amide bonds. The van der Waals surface area contributed by atoms with Gasteiger partial charge in [-0.25, -0.2) is 4.98 Å². The van der Waals surface area contributed by atoms with Crippen molar-refractivity contribution < 1.29 is 14.3 Å². The van der Waals surface area contributed by atoms with Gasteiger partial charge in [-0.2, -0.15) is 0 Å². The molecule has 3 rings (SSSR count). The van der Waals surface area contributed by atoms with Crippen LogP contribution in [0.1, 0.15) is 32.2 Å². The molecule has 3 aromatic rings. The number of hydrogen-bond acceptors (Lipinski definition) is 5. The first-order valence-corrected chi connectivity index (χ1v) is 9.48. The smallest absolute Gasteiger partial charge is 0.251 e. The highest BCUT2D eigenvalue weighted by atomic mass is 32.1. The van der Waals surface area contributed by atoms with Crippen molar-refractivity contribution in [2.24, 2.45) is 0 Å². The molecule has 1 aromatic heterocycles. The lowest BCUT2D eigenvalue weighted by molar-refractivity contribution is 0.0951. The third kappa shape index (κ3) is 5.08. The number of ether oxygens (including phenoxy) is 2. The lowest BCUT2D eigenvalue weighted by atomic mass is 10.1. The number of thiazole rings is 1. The largest absolute Gasteiger partial charge is 0.496 e. The summed E-state index contributed by atoms with van der Waals surface area (Å²) in [6.07, 6.45) is 0. The van der Waals surface area contributed by atoms with E-state index in [0.29, 0.717) is 24.5 Å². The zero-order chi connectivity index (χ0) is 19.2. The Morgan fingerprint density at radius 1 is 1.15 bits per heavy atom. The standard InChI is InChI=1S/C21H22N2O3S/c1-14-4-5-16(10-20(14)25-3)11-22-21(24)17-6-8-19(9-7-17)26-12-18-13-27-15(2)23-18/h4-10,13H,11-12H2,1-3H3,(H,22,24). The minimum atomic E-state index is -0.129. The van der Waals surface area contributed by atoms with Crippen LogP contribution in [0.15, 0.2) is 47.8 Å². The Labute approximate surface area is 163 Å². The fourth-order valence-corrected chi connectivity index (χ4v) is 3.19. The van der Waals surface area contributed by atoms with E-state index in [1.165, 1.54) is 0 Å². The Morgan fingerprint density at radius 2 is 1.93 bits per heavy atom. The second-order valence-electron chi connectivity index (χ2n) is 6.16. The number of aromatic nitrogens is 1. The molecule has 0 aliphatic carbocycles. The Morgan fingerprint density at radius 3 is 2.59 bits per heavy atom. The molecule has 0 fully saturated rings. The van der Waals surface area contributed by atoms with Gasteiger partial charge >= 0.3 is 0 Å². The molecule has 1 heterocycles. The summed E-state index contributed by atoms with van der Waals surface area (Å²) >= 11 is 1.60. The van der Waals surface area contributed by atoms with E-state index >= 15 is 0 Å². The van der Waals surface area contributed by atoms with Gasteiger partial charge in [-0.1, -0.05) is 12.1 Å². The van der Waals surface area contributed by atoms with Crippen molar-refractivity contribution in [1.29, 1.82) is 0 Å². The number of nitrogens with zero attached hydrogens (tertiary/aromatic N) is 1. The van der Waals surface area contributed by atoms with Gasteiger partial charge in [0.2, 0.25) is 0 Å². The Kier molecular flexibility index (Phi) is 6.08. The summed E-state index contributed by atoms with van der Waals surface area (Å²) in [6.45, 7) is 4.82. The van der Waals surface area contributed by atoms with Crippen LogP contribution in [-0.4, -0.2) is 18.0 Å². The van der Waals surface area contributed by atoms with Crippen molar-refractivity contribution in [3.05, 3.63) is 75.2 Å². The van der Waals surface area contributed by atoms with Gasteiger partial charge < -0.3 is 14.8 Å². The van der Waals surface area contributed by atoms with Crippen molar-refractivity contribution in [3.63, 3.8) is 0 Å². The van der Waals surface area contributed by atoms with Crippen molar-refractivity contribution in [3.8, 4) is 11.5 Å². The van der Waals surface area contributed by atoms with Crippen molar-refractivity contribution >= 4 is 17.2 Å². The third-order valence-electron chi connectivity index (χ3n) is 4.10. The molecule has 0 unspecified atom stereocenters. The summed E-state index contributed by atoms with van der Waals surface area (Å²) < 4.78 is 11.0. The lowest BCUT2D eigenvalue weighted by Crippen LogP contribution is -2.22. The van der Waals surface area contributed by atoms with Crippen LogP contribution in [0.3, 0.4) is 0 Å². The van der Waals surface area contributed by atoms with Crippen LogP contribution in [0.2, 0.25) is 0 Å². The number of benzene rings is 2. The number of carbonyl (C=O) groups is 1. The second kappa shape index (κ2) is 8.68. The van der Waals surface area contributed by atoms with Crippen molar-refractivity contribution in [1.82, 2.24) is 10.3 Å². The van der Waals surface area contributed by atoms with Gasteiger partial charge in [-0.15, -0.1) is 11.3 Å². The van der Waals surface area contributed by atoms with E-state index < -0.39 is 0 Å². The summed E-state index contributed by atoms with van der Waals surface area (Å²) in [5.74, 6) is 1.40. The van der Waals surface area contributed by atoms with Crippen LogP contribution in [0.25, 0.3) is 0 Å². The number of amides is 1. The van der Waals surface area contributed by atoms with Crippen LogP contribution in [-0.2, 0) is 13.2 Å². The van der Waals surface area contributed by atoms with Crippen LogP contribution in [0.4, 0.5) is 0 Å². The molecule has 0 aliphatic heterocycles. The minimum Gasteiger partial charge on any atom is -0.496 e. The summed E-state index contributed by atoms with van der Waals surface area (Å²) in [4.78, 5) is 16.7. The van der Waals surface area contributed by atoms with Crippen LogP contribution < -0.4 is 14.8 Å². The van der Waals surface area contributed by atoms with Gasteiger partial charge in [-0.3, -0.25) is 4.79 Å². The first kappa shape index (κ1) is 18.9. The number of rotatable bonds is 7. The predicted octanol–water partition coefficient (Wildman–Crippen LogP) is 4.28.